The molecule has 10 nitrogen and oxygen atoms in total. The summed E-state index contributed by atoms with van der Waals surface area (Å²) in [6.07, 6.45) is 0. The summed E-state index contributed by atoms with van der Waals surface area (Å²) in [6, 6.07) is 10.5. The number of Topliss-reactive ketones (excluding diaryl/α,β-unsaturated/α-hetero) is 1. The molecule has 3 aromatic rings. The van der Waals surface area contributed by atoms with E-state index in [1.807, 2.05) is 13.8 Å². The highest BCUT2D eigenvalue weighted by atomic mass is 32.1. The van der Waals surface area contributed by atoms with Crippen LogP contribution < -0.4 is 19.1 Å². The molecule has 1 aliphatic rings. The third kappa shape index (κ3) is 5.37. The number of hydrogen-bond donors (Lipinski definition) is 1. The molecule has 0 radical (unpaired) electrons. The van der Waals surface area contributed by atoms with E-state index < -0.39 is 23.7 Å². The van der Waals surface area contributed by atoms with Gasteiger partial charge in [-0.2, -0.15) is 0 Å². The third-order valence-corrected chi connectivity index (χ3v) is 7.26. The average molecular weight is 567 g/mol. The van der Waals surface area contributed by atoms with Crippen LogP contribution in [0.1, 0.15) is 53.3 Å². The summed E-state index contributed by atoms with van der Waals surface area (Å²) in [4.78, 5) is 45.4. The highest BCUT2D eigenvalue weighted by Gasteiger charge is 2.48. The first-order chi connectivity index (χ1) is 19.2. The van der Waals surface area contributed by atoms with Gasteiger partial charge in [-0.05, 0) is 57.5 Å². The van der Waals surface area contributed by atoms with E-state index in [0.717, 1.165) is 11.3 Å². The van der Waals surface area contributed by atoms with E-state index in [1.165, 1.54) is 12.0 Å². The Morgan fingerprint density at radius 1 is 1.02 bits per heavy atom. The number of benzene rings is 2. The number of esters is 1. The monoisotopic (exact) mass is 566 g/mol. The number of amides is 1. The quantitative estimate of drug-likeness (QED) is 0.155. The topological polar surface area (TPSA) is 124 Å². The molecular formula is C29H30N2O8S. The molecule has 1 atom stereocenters. The first kappa shape index (κ1) is 28.6. The van der Waals surface area contributed by atoms with E-state index in [4.69, 9.17) is 18.9 Å². The fourth-order valence-electron chi connectivity index (χ4n) is 4.40. The fourth-order valence-corrected chi connectivity index (χ4v) is 5.39. The Morgan fingerprint density at radius 3 is 2.45 bits per heavy atom. The first-order valence-electron chi connectivity index (χ1n) is 12.7. The van der Waals surface area contributed by atoms with Gasteiger partial charge in [-0.1, -0.05) is 29.5 Å². The third-order valence-electron chi connectivity index (χ3n) is 6.12. The van der Waals surface area contributed by atoms with Crippen LogP contribution in [-0.2, 0) is 14.3 Å². The maximum atomic E-state index is 13.5. The molecule has 0 bridgehead atoms. The molecular weight excluding hydrogens is 536 g/mol. The maximum absolute atomic E-state index is 13.5. The number of thiazole rings is 1. The largest absolute Gasteiger partial charge is 0.507 e. The molecule has 1 aliphatic heterocycles. The predicted octanol–water partition coefficient (Wildman–Crippen LogP) is 5.06. The van der Waals surface area contributed by atoms with Gasteiger partial charge in [-0.25, -0.2) is 9.78 Å². The highest BCUT2D eigenvalue weighted by Crippen LogP contribution is 2.45. The van der Waals surface area contributed by atoms with E-state index in [-0.39, 0.29) is 27.9 Å². The van der Waals surface area contributed by atoms with Gasteiger partial charge in [0.05, 0.1) is 44.2 Å². The average Bonchev–Trinajstić information content (AvgIpc) is 3.45. The number of aromatic nitrogens is 1. The molecule has 2 aromatic carbocycles. The number of carbonyl (C=O) groups excluding carboxylic acids is 3. The lowest BCUT2D eigenvalue weighted by Crippen LogP contribution is -2.29. The first-order valence-corrected chi connectivity index (χ1v) is 13.6. The standard InChI is InChI=1S/C29H30N2O8S/c1-6-37-19-11-9-10-18(14-19)24(32)22-23(17-12-13-20(38-7-2)21(15-17)36-5)31(27(34)25(22)33)29-30-16(4)26(40-29)28(35)39-8-3/h9-15,23,32H,6-8H2,1-5H3/b24-22+. The van der Waals surface area contributed by atoms with Crippen LogP contribution in [0.2, 0.25) is 0 Å². The second-order valence-electron chi connectivity index (χ2n) is 8.60. The number of rotatable bonds is 10. The lowest BCUT2D eigenvalue weighted by Gasteiger charge is -2.24. The Kier molecular flexibility index (Phi) is 8.73. The van der Waals surface area contributed by atoms with Gasteiger partial charge in [0.25, 0.3) is 5.78 Å². The Balaban J connectivity index is 1.94. The van der Waals surface area contributed by atoms with Crippen molar-refractivity contribution in [1.82, 2.24) is 4.98 Å². The summed E-state index contributed by atoms with van der Waals surface area (Å²) in [5, 5.41) is 11.6. The molecule has 210 valence electrons. The molecule has 1 fully saturated rings. The molecule has 11 heteroatoms. The zero-order chi connectivity index (χ0) is 29.0. The molecule has 2 heterocycles. The van der Waals surface area contributed by atoms with Gasteiger partial charge < -0.3 is 24.1 Å². The van der Waals surface area contributed by atoms with Crippen LogP contribution in [0.15, 0.2) is 48.0 Å². The molecule has 0 saturated carbocycles. The fraction of sp³-hybridized carbons (Fsp3) is 0.310. The number of anilines is 1. The Morgan fingerprint density at radius 2 is 1.77 bits per heavy atom. The zero-order valence-corrected chi connectivity index (χ0v) is 23.7. The Labute approximate surface area is 235 Å². The maximum Gasteiger partial charge on any atom is 0.350 e. The Hall–Kier alpha value is -4.38. The SMILES string of the molecule is CCOC(=O)c1sc(N2C(=O)C(=O)/C(=C(/O)c3cccc(OCC)c3)C2c2ccc(OCC)c(OC)c2)nc1C. The minimum Gasteiger partial charge on any atom is -0.507 e. The highest BCUT2D eigenvalue weighted by molar-refractivity contribution is 7.17. The van der Waals surface area contributed by atoms with Crippen LogP contribution in [0.3, 0.4) is 0 Å². The number of carbonyl (C=O) groups is 3. The molecule has 4 rings (SSSR count). The molecule has 1 aromatic heterocycles. The Bertz CT molecular complexity index is 1480. The zero-order valence-electron chi connectivity index (χ0n) is 22.8. The van der Waals surface area contributed by atoms with Crippen molar-refractivity contribution < 1.29 is 38.4 Å². The van der Waals surface area contributed by atoms with Crippen molar-refractivity contribution in [3.8, 4) is 17.2 Å². The summed E-state index contributed by atoms with van der Waals surface area (Å²) in [6.45, 7) is 7.96. The second-order valence-corrected chi connectivity index (χ2v) is 9.58. The minimum atomic E-state index is -1.08. The number of aliphatic hydroxyl groups excluding tert-OH is 1. The van der Waals surface area contributed by atoms with E-state index in [0.29, 0.717) is 47.3 Å². The molecule has 40 heavy (non-hydrogen) atoms. The van der Waals surface area contributed by atoms with E-state index in [1.54, 1.807) is 56.3 Å². The minimum absolute atomic E-state index is 0.114. The van der Waals surface area contributed by atoms with Gasteiger partial charge >= 0.3 is 11.9 Å². The van der Waals surface area contributed by atoms with Gasteiger partial charge in [0, 0.05) is 5.56 Å². The number of aliphatic hydroxyl groups is 1. The number of ether oxygens (including phenoxy) is 4. The molecule has 0 spiro atoms. The number of aryl methyl sites for hydroxylation is 1. The molecule has 1 N–H and O–H groups in total. The molecule has 1 amide bonds. The van der Waals surface area contributed by atoms with Crippen molar-refractivity contribution in [1.29, 1.82) is 0 Å². The summed E-state index contributed by atoms with van der Waals surface area (Å²) < 4.78 is 21.8. The normalized spacial score (nSPS) is 16.2. The van der Waals surface area contributed by atoms with Crippen LogP contribution >= 0.6 is 11.3 Å². The van der Waals surface area contributed by atoms with Crippen molar-refractivity contribution in [3.05, 3.63) is 69.7 Å². The van der Waals surface area contributed by atoms with Crippen molar-refractivity contribution >= 4 is 39.9 Å². The molecule has 1 saturated heterocycles. The van der Waals surface area contributed by atoms with Gasteiger partial charge in [0.1, 0.15) is 16.4 Å². The van der Waals surface area contributed by atoms with Gasteiger partial charge in [-0.3, -0.25) is 14.5 Å². The van der Waals surface area contributed by atoms with Gasteiger partial charge in [0.15, 0.2) is 16.6 Å². The van der Waals surface area contributed by atoms with E-state index in [2.05, 4.69) is 4.98 Å². The van der Waals surface area contributed by atoms with Crippen molar-refractivity contribution in [3.63, 3.8) is 0 Å². The summed E-state index contributed by atoms with van der Waals surface area (Å²) in [7, 11) is 1.48. The predicted molar refractivity (Wildman–Crippen MR) is 149 cm³/mol. The van der Waals surface area contributed by atoms with E-state index in [9.17, 15) is 19.5 Å². The van der Waals surface area contributed by atoms with Crippen LogP contribution in [0, 0.1) is 6.92 Å². The van der Waals surface area contributed by atoms with Crippen LogP contribution in [0.25, 0.3) is 5.76 Å². The van der Waals surface area contributed by atoms with Crippen molar-refractivity contribution in [2.45, 2.75) is 33.7 Å². The van der Waals surface area contributed by atoms with Crippen LogP contribution in [0.5, 0.6) is 17.2 Å². The van der Waals surface area contributed by atoms with E-state index >= 15 is 0 Å². The second kappa shape index (κ2) is 12.2. The van der Waals surface area contributed by atoms with Gasteiger partial charge in [-0.15, -0.1) is 0 Å². The number of hydrogen-bond acceptors (Lipinski definition) is 10. The van der Waals surface area contributed by atoms with Crippen molar-refractivity contribution in [2.24, 2.45) is 0 Å². The summed E-state index contributed by atoms with van der Waals surface area (Å²) in [5.74, 6) is -1.40. The van der Waals surface area contributed by atoms with Gasteiger partial charge in [0.2, 0.25) is 0 Å². The molecule has 1 unspecified atom stereocenters. The van der Waals surface area contributed by atoms with Crippen LogP contribution in [0.4, 0.5) is 5.13 Å². The smallest absolute Gasteiger partial charge is 0.350 e. The van der Waals surface area contributed by atoms with Crippen LogP contribution in [-0.4, -0.2) is 54.7 Å². The number of ketones is 1. The summed E-state index contributed by atoms with van der Waals surface area (Å²) >= 11 is 0.936. The van der Waals surface area contributed by atoms with Crippen molar-refractivity contribution in [2.75, 3.05) is 31.8 Å². The number of methoxy groups -OCH3 is 1. The molecule has 0 aliphatic carbocycles. The summed E-state index contributed by atoms with van der Waals surface area (Å²) in [5.41, 5.74) is 0.977. The lowest BCUT2D eigenvalue weighted by atomic mass is 9.95. The lowest BCUT2D eigenvalue weighted by molar-refractivity contribution is -0.132. The number of nitrogens with zero attached hydrogens (tertiary/aromatic N) is 2.